The first-order valence-corrected chi connectivity index (χ1v) is 8.84. The Kier molecular flexibility index (Phi) is 4.20. The summed E-state index contributed by atoms with van der Waals surface area (Å²) in [6.07, 6.45) is 7.61. The van der Waals surface area contributed by atoms with Gasteiger partial charge in [0.2, 0.25) is 0 Å². The van der Waals surface area contributed by atoms with E-state index < -0.39 is 4.92 Å². The fourth-order valence-electron chi connectivity index (χ4n) is 4.01. The molecule has 2 aliphatic heterocycles. The number of non-ortho nitro benzene ring substituents is 1. The van der Waals surface area contributed by atoms with Gasteiger partial charge in [0.15, 0.2) is 0 Å². The number of aromatic nitrogens is 2. The van der Waals surface area contributed by atoms with Crippen LogP contribution >= 0.6 is 0 Å². The maximum atomic E-state index is 12.8. The second-order valence-corrected chi connectivity index (χ2v) is 7.13. The molecule has 1 amide bonds. The summed E-state index contributed by atoms with van der Waals surface area (Å²) in [5, 5.41) is 18.6. The van der Waals surface area contributed by atoms with Crippen LogP contribution in [0.25, 0.3) is 5.69 Å². The van der Waals surface area contributed by atoms with Crippen molar-refractivity contribution in [1.82, 2.24) is 20.0 Å². The van der Waals surface area contributed by atoms with E-state index in [4.69, 9.17) is 0 Å². The summed E-state index contributed by atoms with van der Waals surface area (Å²) < 4.78 is 1.57. The van der Waals surface area contributed by atoms with Crippen molar-refractivity contribution in [3.05, 3.63) is 52.3 Å². The molecule has 2 aliphatic rings. The first kappa shape index (κ1) is 16.7. The Balaban J connectivity index is 1.48. The second kappa shape index (κ2) is 6.53. The molecule has 8 heteroatoms. The smallest absolute Gasteiger partial charge is 0.269 e. The van der Waals surface area contributed by atoms with Crippen LogP contribution in [0.15, 0.2) is 36.7 Å². The average Bonchev–Trinajstić information content (AvgIpc) is 3.27. The second-order valence-electron chi connectivity index (χ2n) is 7.13. The van der Waals surface area contributed by atoms with Crippen molar-refractivity contribution in [2.45, 2.75) is 43.8 Å². The maximum absolute atomic E-state index is 12.8. The summed E-state index contributed by atoms with van der Waals surface area (Å²) in [7, 11) is 1.86. The number of benzene rings is 1. The Labute approximate surface area is 150 Å². The third-order valence-electron chi connectivity index (χ3n) is 5.47. The van der Waals surface area contributed by atoms with Gasteiger partial charge in [-0.25, -0.2) is 4.68 Å². The highest BCUT2D eigenvalue weighted by molar-refractivity contribution is 5.93. The number of hydrogen-bond acceptors (Lipinski definition) is 5. The van der Waals surface area contributed by atoms with E-state index in [1.54, 1.807) is 29.2 Å². The number of amides is 1. The number of rotatable bonds is 4. The number of nitro benzene ring substituents is 1. The summed E-state index contributed by atoms with van der Waals surface area (Å²) in [4.78, 5) is 25.0. The Morgan fingerprint density at radius 2 is 1.92 bits per heavy atom. The Hall–Kier alpha value is -2.74. The predicted molar refractivity (Wildman–Crippen MR) is 95.3 cm³/mol. The van der Waals surface area contributed by atoms with Crippen LogP contribution in [-0.2, 0) is 0 Å². The first-order chi connectivity index (χ1) is 12.5. The number of carbonyl (C=O) groups excluding carboxylic acids is 1. The highest BCUT2D eigenvalue weighted by Crippen LogP contribution is 2.29. The lowest BCUT2D eigenvalue weighted by molar-refractivity contribution is -0.384. The molecular weight excluding hydrogens is 334 g/mol. The van der Waals surface area contributed by atoms with Crippen LogP contribution in [0.2, 0.25) is 0 Å². The van der Waals surface area contributed by atoms with E-state index in [0.29, 0.717) is 23.3 Å². The molecule has 1 aromatic carbocycles. The Morgan fingerprint density at radius 1 is 1.27 bits per heavy atom. The Morgan fingerprint density at radius 3 is 2.54 bits per heavy atom. The standard InChI is InChI=1S/C18H21N5O3/c1-21(17-8-13-2-3-14(9-17)20-13)18(24)12-10-19-22(11-12)15-4-6-16(7-5-15)23(25)26/h4-7,10-11,13-14,17,20H,2-3,8-9H2,1H3. The lowest BCUT2D eigenvalue weighted by Crippen LogP contribution is -2.48. The molecule has 3 heterocycles. The van der Waals surface area contributed by atoms with Crippen LogP contribution in [0.5, 0.6) is 0 Å². The molecule has 136 valence electrons. The van der Waals surface area contributed by atoms with Gasteiger partial charge in [0.25, 0.3) is 11.6 Å². The van der Waals surface area contributed by atoms with Gasteiger partial charge in [0, 0.05) is 43.5 Å². The van der Waals surface area contributed by atoms with Gasteiger partial charge >= 0.3 is 0 Å². The average molecular weight is 355 g/mol. The quantitative estimate of drug-likeness (QED) is 0.670. The van der Waals surface area contributed by atoms with Crippen LogP contribution in [0.1, 0.15) is 36.0 Å². The maximum Gasteiger partial charge on any atom is 0.269 e. The van der Waals surface area contributed by atoms with Crippen molar-refractivity contribution < 1.29 is 9.72 Å². The van der Waals surface area contributed by atoms with E-state index in [2.05, 4.69) is 10.4 Å². The molecule has 2 fully saturated rings. The molecule has 26 heavy (non-hydrogen) atoms. The zero-order chi connectivity index (χ0) is 18.3. The van der Waals surface area contributed by atoms with Crippen molar-refractivity contribution in [1.29, 1.82) is 0 Å². The molecule has 0 spiro atoms. The molecule has 1 N–H and O–H groups in total. The molecule has 0 radical (unpaired) electrons. The molecule has 0 aliphatic carbocycles. The number of nitrogens with zero attached hydrogens (tertiary/aromatic N) is 4. The normalized spacial score (nSPS) is 24.4. The summed E-state index contributed by atoms with van der Waals surface area (Å²) in [5.74, 6) is -0.0375. The van der Waals surface area contributed by atoms with Crippen molar-refractivity contribution in [2.24, 2.45) is 0 Å². The van der Waals surface area contributed by atoms with Crippen LogP contribution in [-0.4, -0.2) is 50.7 Å². The van der Waals surface area contributed by atoms with Gasteiger partial charge in [-0.3, -0.25) is 14.9 Å². The minimum atomic E-state index is -0.442. The monoisotopic (exact) mass is 355 g/mol. The lowest BCUT2D eigenvalue weighted by atomic mass is 9.98. The minimum Gasteiger partial charge on any atom is -0.339 e. The summed E-state index contributed by atoms with van der Waals surface area (Å²) >= 11 is 0. The molecule has 2 atom stereocenters. The summed E-state index contributed by atoms with van der Waals surface area (Å²) in [6, 6.07) is 7.39. The van der Waals surface area contributed by atoms with Gasteiger partial charge in [-0.2, -0.15) is 5.10 Å². The van der Waals surface area contributed by atoms with Crippen LogP contribution < -0.4 is 5.32 Å². The molecule has 8 nitrogen and oxygen atoms in total. The molecule has 0 saturated carbocycles. The molecule has 2 bridgehead atoms. The number of fused-ring (bicyclic) bond motifs is 2. The van der Waals surface area contributed by atoms with Crippen LogP contribution in [0, 0.1) is 10.1 Å². The zero-order valence-electron chi connectivity index (χ0n) is 14.5. The third kappa shape index (κ3) is 3.08. The van der Waals surface area contributed by atoms with E-state index in [1.165, 1.54) is 25.0 Å². The number of carbonyl (C=O) groups is 1. The molecule has 2 unspecified atom stereocenters. The number of hydrogen-bond donors (Lipinski definition) is 1. The number of piperidine rings is 1. The van der Waals surface area contributed by atoms with E-state index in [-0.39, 0.29) is 17.6 Å². The van der Waals surface area contributed by atoms with Gasteiger partial charge in [-0.1, -0.05) is 0 Å². The molecular formula is C18H21N5O3. The van der Waals surface area contributed by atoms with Crippen molar-refractivity contribution in [3.8, 4) is 5.69 Å². The highest BCUT2D eigenvalue weighted by atomic mass is 16.6. The SMILES string of the molecule is CN(C(=O)c1cnn(-c2ccc([N+](=O)[O-])cc2)c1)C1CC2CCC(C1)N2. The van der Waals surface area contributed by atoms with E-state index in [1.807, 2.05) is 11.9 Å². The Bertz CT molecular complexity index is 820. The van der Waals surface area contributed by atoms with Crippen molar-refractivity contribution in [3.63, 3.8) is 0 Å². The van der Waals surface area contributed by atoms with E-state index in [0.717, 1.165) is 12.8 Å². The van der Waals surface area contributed by atoms with E-state index >= 15 is 0 Å². The van der Waals surface area contributed by atoms with Crippen molar-refractivity contribution in [2.75, 3.05) is 7.05 Å². The topological polar surface area (TPSA) is 93.3 Å². The summed E-state index contributed by atoms with van der Waals surface area (Å²) in [6.45, 7) is 0. The van der Waals surface area contributed by atoms with E-state index in [9.17, 15) is 14.9 Å². The fourth-order valence-corrected chi connectivity index (χ4v) is 4.01. The van der Waals surface area contributed by atoms with Gasteiger partial charge in [0.1, 0.15) is 0 Å². The van der Waals surface area contributed by atoms with Gasteiger partial charge in [0.05, 0.1) is 22.4 Å². The third-order valence-corrected chi connectivity index (χ3v) is 5.47. The number of nitro groups is 1. The lowest BCUT2D eigenvalue weighted by Gasteiger charge is -2.35. The van der Waals surface area contributed by atoms with Gasteiger partial charge < -0.3 is 10.2 Å². The van der Waals surface area contributed by atoms with Gasteiger partial charge in [-0.05, 0) is 37.8 Å². The van der Waals surface area contributed by atoms with Gasteiger partial charge in [-0.15, -0.1) is 0 Å². The molecule has 1 aromatic heterocycles. The first-order valence-electron chi connectivity index (χ1n) is 8.84. The fraction of sp³-hybridized carbons (Fsp3) is 0.444. The molecule has 2 aromatic rings. The van der Waals surface area contributed by atoms with Crippen LogP contribution in [0.3, 0.4) is 0 Å². The van der Waals surface area contributed by atoms with Crippen molar-refractivity contribution >= 4 is 11.6 Å². The minimum absolute atomic E-state index is 0.0254. The number of nitrogens with one attached hydrogen (secondary N) is 1. The highest BCUT2D eigenvalue weighted by Gasteiger charge is 2.36. The summed E-state index contributed by atoms with van der Waals surface area (Å²) in [5.41, 5.74) is 1.23. The zero-order valence-corrected chi connectivity index (χ0v) is 14.5. The molecule has 2 saturated heterocycles. The van der Waals surface area contributed by atoms with Crippen LogP contribution in [0.4, 0.5) is 5.69 Å². The largest absolute Gasteiger partial charge is 0.339 e. The predicted octanol–water partition coefficient (Wildman–Crippen LogP) is 2.14. The molecule has 4 rings (SSSR count).